The van der Waals surface area contributed by atoms with Crippen LogP contribution < -0.4 is 4.74 Å². The van der Waals surface area contributed by atoms with Crippen molar-refractivity contribution in [2.45, 2.75) is 27.2 Å². The summed E-state index contributed by atoms with van der Waals surface area (Å²) in [5, 5.41) is 0. The van der Waals surface area contributed by atoms with Crippen molar-refractivity contribution in [3.05, 3.63) is 29.3 Å². The maximum Gasteiger partial charge on any atom is 0.307 e. The van der Waals surface area contributed by atoms with Crippen LogP contribution in [0.3, 0.4) is 0 Å². The lowest BCUT2D eigenvalue weighted by Gasteiger charge is -2.24. The van der Waals surface area contributed by atoms with Gasteiger partial charge in [0, 0.05) is 18.7 Å². The van der Waals surface area contributed by atoms with Gasteiger partial charge < -0.3 is 14.4 Å². The number of rotatable bonds is 7. The van der Waals surface area contributed by atoms with E-state index in [1.807, 2.05) is 26.8 Å². The summed E-state index contributed by atoms with van der Waals surface area (Å²) in [6, 6.07) is 5.38. The lowest BCUT2D eigenvalue weighted by atomic mass is 10.1. The lowest BCUT2D eigenvalue weighted by molar-refractivity contribution is -0.140. The van der Waals surface area contributed by atoms with E-state index in [4.69, 9.17) is 4.74 Å². The number of methoxy groups -OCH3 is 2. The normalized spacial score (nSPS) is 10.5. The average Bonchev–Trinajstić information content (AvgIpc) is 2.50. The van der Waals surface area contributed by atoms with Gasteiger partial charge in [-0.15, -0.1) is 0 Å². The third-order valence-corrected chi connectivity index (χ3v) is 3.34. The van der Waals surface area contributed by atoms with Gasteiger partial charge in [0.05, 0.1) is 20.6 Å². The van der Waals surface area contributed by atoms with Crippen molar-refractivity contribution in [2.75, 3.05) is 27.3 Å². The second kappa shape index (κ2) is 8.41. The zero-order valence-electron chi connectivity index (χ0n) is 14.0. The van der Waals surface area contributed by atoms with Gasteiger partial charge >= 0.3 is 5.97 Å². The molecule has 5 heteroatoms. The van der Waals surface area contributed by atoms with Gasteiger partial charge in [0.1, 0.15) is 5.75 Å². The van der Waals surface area contributed by atoms with E-state index >= 15 is 0 Å². The molecule has 0 aliphatic heterocycles. The second-order valence-electron chi connectivity index (χ2n) is 5.66. The third-order valence-electron chi connectivity index (χ3n) is 3.34. The first-order valence-electron chi connectivity index (χ1n) is 7.39. The fourth-order valence-corrected chi connectivity index (χ4v) is 2.18. The topological polar surface area (TPSA) is 55.8 Å². The van der Waals surface area contributed by atoms with Crippen LogP contribution in [0, 0.1) is 12.8 Å². The Kier molecular flexibility index (Phi) is 6.89. The van der Waals surface area contributed by atoms with Gasteiger partial charge in [0.25, 0.3) is 5.91 Å². The van der Waals surface area contributed by atoms with E-state index in [-0.39, 0.29) is 18.3 Å². The molecule has 0 aliphatic carbocycles. The number of benzene rings is 1. The Bertz CT molecular complexity index is 525. The van der Waals surface area contributed by atoms with Crippen LogP contribution in [-0.2, 0) is 9.53 Å². The average molecular weight is 307 g/mol. The standard InChI is InChI=1S/C17H25NO4/c1-12(2)11-18(9-8-16(19)22-5)17(20)14-7-6-13(3)15(10-14)21-4/h6-7,10,12H,8-9,11H2,1-5H3. The molecule has 1 aromatic carbocycles. The Morgan fingerprint density at radius 1 is 1.23 bits per heavy atom. The third kappa shape index (κ3) is 5.06. The molecule has 0 aromatic heterocycles. The summed E-state index contributed by atoms with van der Waals surface area (Å²) in [5.74, 6) is 0.580. The fraction of sp³-hybridized carbons (Fsp3) is 0.529. The van der Waals surface area contributed by atoms with Crippen molar-refractivity contribution in [1.29, 1.82) is 0 Å². The monoisotopic (exact) mass is 307 g/mol. The molecule has 22 heavy (non-hydrogen) atoms. The van der Waals surface area contributed by atoms with E-state index in [1.54, 1.807) is 24.1 Å². The predicted molar refractivity (Wildman–Crippen MR) is 85.1 cm³/mol. The van der Waals surface area contributed by atoms with E-state index in [0.29, 0.717) is 30.3 Å². The van der Waals surface area contributed by atoms with Crippen LogP contribution in [0.15, 0.2) is 18.2 Å². The molecule has 0 aliphatic rings. The van der Waals surface area contributed by atoms with Gasteiger partial charge in [0.2, 0.25) is 0 Å². The number of hydrogen-bond donors (Lipinski definition) is 0. The number of aryl methyl sites for hydroxylation is 1. The van der Waals surface area contributed by atoms with Crippen LogP contribution in [-0.4, -0.2) is 44.1 Å². The predicted octanol–water partition coefficient (Wildman–Crippen LogP) is 2.66. The summed E-state index contributed by atoms with van der Waals surface area (Å²) < 4.78 is 9.91. The van der Waals surface area contributed by atoms with Crippen LogP contribution >= 0.6 is 0 Å². The van der Waals surface area contributed by atoms with E-state index in [1.165, 1.54) is 7.11 Å². The molecule has 1 aromatic rings. The molecule has 1 amide bonds. The molecule has 0 saturated heterocycles. The van der Waals surface area contributed by atoms with Gasteiger partial charge in [-0.05, 0) is 30.5 Å². The van der Waals surface area contributed by atoms with E-state index in [0.717, 1.165) is 5.56 Å². The Morgan fingerprint density at radius 2 is 1.91 bits per heavy atom. The molecule has 0 saturated carbocycles. The zero-order valence-corrected chi connectivity index (χ0v) is 14.0. The minimum absolute atomic E-state index is 0.101. The van der Waals surface area contributed by atoms with Gasteiger partial charge in [-0.1, -0.05) is 19.9 Å². The summed E-state index contributed by atoms with van der Waals surface area (Å²) in [6.07, 6.45) is 0.192. The van der Waals surface area contributed by atoms with Crippen LogP contribution in [0.2, 0.25) is 0 Å². The maximum atomic E-state index is 12.7. The Labute approximate surface area is 132 Å². The van der Waals surface area contributed by atoms with Gasteiger partial charge in [-0.25, -0.2) is 0 Å². The van der Waals surface area contributed by atoms with E-state index < -0.39 is 0 Å². The lowest BCUT2D eigenvalue weighted by Crippen LogP contribution is -2.36. The van der Waals surface area contributed by atoms with E-state index in [2.05, 4.69) is 4.74 Å². The maximum absolute atomic E-state index is 12.7. The highest BCUT2D eigenvalue weighted by Gasteiger charge is 2.19. The Balaban J connectivity index is 2.92. The largest absolute Gasteiger partial charge is 0.496 e. The summed E-state index contributed by atoms with van der Waals surface area (Å²) >= 11 is 0. The molecule has 122 valence electrons. The van der Waals surface area contributed by atoms with Crippen molar-refractivity contribution in [1.82, 2.24) is 4.90 Å². The Morgan fingerprint density at radius 3 is 2.45 bits per heavy atom. The number of carbonyl (C=O) groups is 2. The number of amides is 1. The SMILES string of the molecule is COC(=O)CCN(CC(C)C)C(=O)c1ccc(C)c(OC)c1. The van der Waals surface area contributed by atoms with Gasteiger partial charge in [-0.2, -0.15) is 0 Å². The highest BCUT2D eigenvalue weighted by Crippen LogP contribution is 2.20. The minimum atomic E-state index is -0.317. The molecule has 1 rings (SSSR count). The smallest absolute Gasteiger partial charge is 0.307 e. The van der Waals surface area contributed by atoms with Crippen LogP contribution in [0.1, 0.15) is 36.2 Å². The first kappa shape index (κ1) is 18.0. The molecule has 0 atom stereocenters. The molecular formula is C17H25NO4. The highest BCUT2D eigenvalue weighted by molar-refractivity contribution is 5.95. The van der Waals surface area contributed by atoms with Crippen LogP contribution in [0.5, 0.6) is 5.75 Å². The van der Waals surface area contributed by atoms with Crippen molar-refractivity contribution < 1.29 is 19.1 Å². The number of esters is 1. The Hall–Kier alpha value is -2.04. The quantitative estimate of drug-likeness (QED) is 0.727. The van der Waals surface area contributed by atoms with Crippen molar-refractivity contribution in [3.63, 3.8) is 0 Å². The summed E-state index contributed by atoms with van der Waals surface area (Å²) in [6.45, 7) is 6.93. The molecular weight excluding hydrogens is 282 g/mol. The minimum Gasteiger partial charge on any atom is -0.496 e. The second-order valence-corrected chi connectivity index (χ2v) is 5.66. The zero-order chi connectivity index (χ0) is 16.7. The first-order chi connectivity index (χ1) is 10.4. The highest BCUT2D eigenvalue weighted by atomic mass is 16.5. The van der Waals surface area contributed by atoms with Crippen LogP contribution in [0.4, 0.5) is 0 Å². The molecule has 0 radical (unpaired) electrons. The van der Waals surface area contributed by atoms with Crippen LogP contribution in [0.25, 0.3) is 0 Å². The molecule has 0 heterocycles. The van der Waals surface area contributed by atoms with Crippen molar-refractivity contribution in [2.24, 2.45) is 5.92 Å². The van der Waals surface area contributed by atoms with E-state index in [9.17, 15) is 9.59 Å². The number of ether oxygens (including phenoxy) is 2. The molecule has 0 N–H and O–H groups in total. The number of nitrogens with zero attached hydrogens (tertiary/aromatic N) is 1. The van der Waals surface area contributed by atoms with Crippen molar-refractivity contribution >= 4 is 11.9 Å². The van der Waals surface area contributed by atoms with Gasteiger partial charge in [0.15, 0.2) is 0 Å². The van der Waals surface area contributed by atoms with Gasteiger partial charge in [-0.3, -0.25) is 9.59 Å². The summed E-state index contributed by atoms with van der Waals surface area (Å²) in [5.41, 5.74) is 1.54. The summed E-state index contributed by atoms with van der Waals surface area (Å²) in [4.78, 5) is 25.7. The number of hydrogen-bond acceptors (Lipinski definition) is 4. The molecule has 0 spiro atoms. The fourth-order valence-electron chi connectivity index (χ4n) is 2.18. The molecule has 0 bridgehead atoms. The number of carbonyl (C=O) groups excluding carboxylic acids is 2. The molecule has 0 unspecified atom stereocenters. The first-order valence-corrected chi connectivity index (χ1v) is 7.39. The molecule has 0 fully saturated rings. The molecule has 5 nitrogen and oxygen atoms in total. The summed E-state index contributed by atoms with van der Waals surface area (Å²) in [7, 11) is 2.93. The van der Waals surface area contributed by atoms with Crippen molar-refractivity contribution in [3.8, 4) is 5.75 Å².